The Balaban J connectivity index is 2.25. The molecule has 1 aromatic rings. The van der Waals surface area contributed by atoms with Crippen LogP contribution in [0.4, 0.5) is 13.2 Å². The predicted molar refractivity (Wildman–Crippen MR) is 53.9 cm³/mol. The van der Waals surface area contributed by atoms with Crippen LogP contribution in [0.1, 0.15) is 24.1 Å². The minimum atomic E-state index is -4.13. The molecule has 0 aromatic carbocycles. The zero-order valence-electron chi connectivity index (χ0n) is 9.00. The Hall–Kier alpha value is -1.61. The molecule has 1 rings (SSSR count). The summed E-state index contributed by atoms with van der Waals surface area (Å²) in [5.74, 6) is 0. The molecule has 0 saturated carbocycles. The van der Waals surface area contributed by atoms with Gasteiger partial charge in [-0.2, -0.15) is 18.4 Å². The average Bonchev–Trinajstić information content (AvgIpc) is 2.27. The van der Waals surface area contributed by atoms with Crippen molar-refractivity contribution in [2.75, 3.05) is 6.61 Å². The quantitative estimate of drug-likeness (QED) is 0.748. The van der Waals surface area contributed by atoms with Crippen LogP contribution < -0.4 is 0 Å². The third-order valence-electron chi connectivity index (χ3n) is 1.96. The summed E-state index contributed by atoms with van der Waals surface area (Å²) in [5, 5.41) is 8.58. The molecule has 92 valence electrons. The lowest BCUT2D eigenvalue weighted by molar-refractivity contribution is -0.138. The zero-order valence-corrected chi connectivity index (χ0v) is 9.00. The number of nitriles is 1. The monoisotopic (exact) mass is 244 g/mol. The van der Waals surface area contributed by atoms with Crippen molar-refractivity contribution in [1.82, 2.24) is 4.98 Å². The van der Waals surface area contributed by atoms with Gasteiger partial charge in [-0.25, -0.2) is 4.98 Å². The molecule has 17 heavy (non-hydrogen) atoms. The van der Waals surface area contributed by atoms with Gasteiger partial charge in [0.2, 0.25) is 0 Å². The van der Waals surface area contributed by atoms with Gasteiger partial charge in [0.15, 0.2) is 0 Å². The molecule has 0 atom stereocenters. The van der Waals surface area contributed by atoms with Gasteiger partial charge in [-0.3, -0.25) is 0 Å². The highest BCUT2D eigenvalue weighted by molar-refractivity contribution is 5.24. The highest BCUT2D eigenvalue weighted by Crippen LogP contribution is 2.21. The Labute approximate surface area is 96.8 Å². The molecule has 0 N–H and O–H groups in total. The lowest BCUT2D eigenvalue weighted by Gasteiger charge is -2.06. The maximum Gasteiger partial charge on any atom is 0.389 e. The highest BCUT2D eigenvalue weighted by atomic mass is 19.4. The maximum absolute atomic E-state index is 11.8. The van der Waals surface area contributed by atoms with E-state index in [1.54, 1.807) is 12.1 Å². The van der Waals surface area contributed by atoms with Crippen molar-refractivity contribution >= 4 is 0 Å². The van der Waals surface area contributed by atoms with Crippen LogP contribution >= 0.6 is 0 Å². The molecule has 0 fully saturated rings. The first-order valence-electron chi connectivity index (χ1n) is 5.01. The van der Waals surface area contributed by atoms with Crippen LogP contribution in [0.3, 0.4) is 0 Å². The van der Waals surface area contributed by atoms with E-state index in [1.165, 1.54) is 6.20 Å². The van der Waals surface area contributed by atoms with Gasteiger partial charge in [-0.1, -0.05) is 0 Å². The van der Waals surface area contributed by atoms with Crippen LogP contribution in [-0.2, 0) is 11.3 Å². The molecule has 0 unspecified atom stereocenters. The number of hydrogen-bond donors (Lipinski definition) is 0. The fourth-order valence-electron chi connectivity index (χ4n) is 1.19. The minimum Gasteiger partial charge on any atom is -0.377 e. The number of halogens is 3. The van der Waals surface area contributed by atoms with Crippen molar-refractivity contribution in [2.24, 2.45) is 0 Å². The Kier molecular flexibility index (Phi) is 4.91. The smallest absolute Gasteiger partial charge is 0.377 e. The number of rotatable bonds is 5. The molecule has 0 aliphatic carbocycles. The molecule has 0 aliphatic heterocycles. The molecular weight excluding hydrogens is 233 g/mol. The normalized spacial score (nSPS) is 11.2. The molecule has 0 saturated heterocycles. The van der Waals surface area contributed by atoms with E-state index in [0.29, 0.717) is 0 Å². The first-order valence-corrected chi connectivity index (χ1v) is 5.01. The molecule has 3 nitrogen and oxygen atoms in total. The van der Waals surface area contributed by atoms with E-state index >= 15 is 0 Å². The number of nitrogens with zero attached hydrogens (tertiary/aromatic N) is 2. The molecule has 6 heteroatoms. The number of hydrogen-bond acceptors (Lipinski definition) is 3. The lowest BCUT2D eigenvalue weighted by Crippen LogP contribution is -2.08. The van der Waals surface area contributed by atoms with Gasteiger partial charge in [-0.15, -0.1) is 0 Å². The molecule has 0 amide bonds. The number of pyridine rings is 1. The van der Waals surface area contributed by atoms with Crippen molar-refractivity contribution < 1.29 is 17.9 Å². The third-order valence-corrected chi connectivity index (χ3v) is 1.96. The van der Waals surface area contributed by atoms with Crippen LogP contribution in [0.25, 0.3) is 0 Å². The summed E-state index contributed by atoms with van der Waals surface area (Å²) in [7, 11) is 0. The second-order valence-electron chi connectivity index (χ2n) is 3.43. The van der Waals surface area contributed by atoms with Gasteiger partial charge in [-0.05, 0) is 24.1 Å². The fourth-order valence-corrected chi connectivity index (χ4v) is 1.19. The molecule has 1 heterocycles. The van der Waals surface area contributed by atoms with Crippen molar-refractivity contribution in [3.8, 4) is 6.07 Å². The summed E-state index contributed by atoms with van der Waals surface area (Å²) in [5.41, 5.74) is 0.991. The van der Waals surface area contributed by atoms with E-state index in [4.69, 9.17) is 10.00 Å². The number of alkyl halides is 3. The van der Waals surface area contributed by atoms with E-state index in [1.807, 2.05) is 6.07 Å². The summed E-state index contributed by atoms with van der Waals surface area (Å²) in [6.45, 7) is 0.235. The van der Waals surface area contributed by atoms with Crippen LogP contribution in [-0.4, -0.2) is 17.8 Å². The summed E-state index contributed by atoms with van der Waals surface area (Å²) in [6.07, 6.45) is -3.56. The van der Waals surface area contributed by atoms with E-state index < -0.39 is 12.6 Å². The largest absolute Gasteiger partial charge is 0.389 e. The summed E-state index contributed by atoms with van der Waals surface area (Å²) < 4.78 is 40.5. The Morgan fingerprint density at radius 2 is 2.18 bits per heavy atom. The predicted octanol–water partition coefficient (Wildman–Crippen LogP) is 2.81. The van der Waals surface area contributed by atoms with Crippen molar-refractivity contribution in [3.05, 3.63) is 29.6 Å². The number of aromatic nitrogens is 1. The third kappa shape index (κ3) is 5.88. The van der Waals surface area contributed by atoms with Gasteiger partial charge in [0.05, 0.1) is 6.61 Å². The molecular formula is C11H11F3N2O. The minimum absolute atomic E-state index is 0.0454. The molecule has 0 spiro atoms. The highest BCUT2D eigenvalue weighted by Gasteiger charge is 2.25. The average molecular weight is 244 g/mol. The van der Waals surface area contributed by atoms with E-state index in [2.05, 4.69) is 4.98 Å². The van der Waals surface area contributed by atoms with Gasteiger partial charge in [0.25, 0.3) is 0 Å². The van der Waals surface area contributed by atoms with Gasteiger partial charge < -0.3 is 4.74 Å². The second-order valence-corrected chi connectivity index (χ2v) is 3.43. The maximum atomic E-state index is 11.8. The molecule has 1 aromatic heterocycles. The van der Waals surface area contributed by atoms with E-state index in [0.717, 1.165) is 5.56 Å². The standard InChI is InChI=1S/C11H11F3N2O/c12-11(13,14)3-1-5-17-8-9-2-4-16-10(6-9)7-15/h2,4,6H,1,3,5,8H2. The Morgan fingerprint density at radius 1 is 1.41 bits per heavy atom. The fraction of sp³-hybridized carbons (Fsp3) is 0.455. The number of ether oxygens (including phenoxy) is 1. The van der Waals surface area contributed by atoms with Crippen LogP contribution in [0, 0.1) is 11.3 Å². The van der Waals surface area contributed by atoms with Gasteiger partial charge in [0.1, 0.15) is 11.8 Å². The van der Waals surface area contributed by atoms with Gasteiger partial charge >= 0.3 is 6.18 Å². The SMILES string of the molecule is N#Cc1cc(COCCCC(F)(F)F)ccn1. The molecule has 0 aliphatic rings. The van der Waals surface area contributed by atoms with Gasteiger partial charge in [0, 0.05) is 19.2 Å². The lowest BCUT2D eigenvalue weighted by atomic mass is 10.2. The summed E-state index contributed by atoms with van der Waals surface area (Å²) in [6, 6.07) is 5.08. The van der Waals surface area contributed by atoms with E-state index in [-0.39, 0.29) is 25.3 Å². The molecule has 0 bridgehead atoms. The van der Waals surface area contributed by atoms with Crippen molar-refractivity contribution in [1.29, 1.82) is 5.26 Å². The zero-order chi connectivity index (χ0) is 12.7. The van der Waals surface area contributed by atoms with Crippen molar-refractivity contribution in [3.63, 3.8) is 0 Å². The molecule has 0 radical (unpaired) electrons. The summed E-state index contributed by atoms with van der Waals surface area (Å²) in [4.78, 5) is 3.77. The summed E-state index contributed by atoms with van der Waals surface area (Å²) >= 11 is 0. The second kappa shape index (κ2) is 6.21. The Bertz CT molecular complexity index is 398. The topological polar surface area (TPSA) is 45.9 Å². The Morgan fingerprint density at radius 3 is 2.82 bits per heavy atom. The van der Waals surface area contributed by atoms with Crippen LogP contribution in [0.5, 0.6) is 0 Å². The van der Waals surface area contributed by atoms with E-state index in [9.17, 15) is 13.2 Å². The van der Waals surface area contributed by atoms with Crippen LogP contribution in [0.2, 0.25) is 0 Å². The van der Waals surface area contributed by atoms with Crippen molar-refractivity contribution in [2.45, 2.75) is 25.6 Å². The van der Waals surface area contributed by atoms with Crippen LogP contribution in [0.15, 0.2) is 18.3 Å². The first-order chi connectivity index (χ1) is 8.01. The first kappa shape index (κ1) is 13.5.